The van der Waals surface area contributed by atoms with E-state index in [2.05, 4.69) is 34.4 Å². The third kappa shape index (κ3) is 13.3. The number of hydrogen-bond donors (Lipinski definition) is 9. The van der Waals surface area contributed by atoms with E-state index >= 15 is 0 Å². The summed E-state index contributed by atoms with van der Waals surface area (Å²) in [6.45, 7) is 0.578. The van der Waals surface area contributed by atoms with Gasteiger partial charge in [-0.15, -0.1) is 0 Å². The summed E-state index contributed by atoms with van der Waals surface area (Å²) >= 11 is 1.15. The van der Waals surface area contributed by atoms with Gasteiger partial charge in [-0.05, 0) is 18.8 Å². The van der Waals surface area contributed by atoms with Gasteiger partial charge in [-0.25, -0.2) is 28.6 Å². The Morgan fingerprint density at radius 1 is 1.07 bits per heavy atom. The molecule has 55 heavy (non-hydrogen) atoms. The van der Waals surface area contributed by atoms with Crippen LogP contribution in [-0.2, 0) is 50.7 Å². The highest BCUT2D eigenvalue weighted by atomic mass is 32.2. The Balaban J connectivity index is 1.23. The summed E-state index contributed by atoms with van der Waals surface area (Å²) in [6, 6.07) is 0. The van der Waals surface area contributed by atoms with Gasteiger partial charge in [-0.3, -0.25) is 32.5 Å². The van der Waals surface area contributed by atoms with Crippen LogP contribution in [0.1, 0.15) is 52.2 Å². The number of rotatable bonds is 21. The number of fused-ring (bicyclic) bond motifs is 1. The van der Waals surface area contributed by atoms with Crippen molar-refractivity contribution in [3.63, 3.8) is 0 Å². The minimum atomic E-state index is -5.56. The van der Waals surface area contributed by atoms with E-state index in [4.69, 9.17) is 19.5 Å². The first-order valence-electron chi connectivity index (χ1n) is 16.6. The van der Waals surface area contributed by atoms with Gasteiger partial charge in [0, 0.05) is 37.1 Å². The minimum absolute atomic E-state index is 0.0329. The molecule has 2 unspecified atom stereocenters. The topological polar surface area (TPSA) is 364 Å². The minimum Gasteiger partial charge on any atom is -0.386 e. The molecule has 28 heteroatoms. The average molecular weight is 864 g/mol. The fraction of sp³-hybridized carbons (Fsp3) is 0.704. The van der Waals surface area contributed by atoms with E-state index in [-0.39, 0.29) is 41.6 Å². The molecule has 2 aromatic rings. The molecule has 0 spiro atoms. The van der Waals surface area contributed by atoms with Gasteiger partial charge < -0.3 is 50.9 Å². The lowest BCUT2D eigenvalue weighted by Gasteiger charge is -2.30. The highest BCUT2D eigenvalue weighted by Crippen LogP contribution is 2.61. The second-order valence-corrected chi connectivity index (χ2v) is 18.7. The van der Waals surface area contributed by atoms with Crippen LogP contribution < -0.4 is 16.4 Å². The standard InChI is InChI=1S/C27H44N7O17P3S/c1-27(2,22(38)25(39)30-7-6-17(35)29-8-9-55-18(36)10-15-4-3-5-15)12-48-54(45,46)51-53(43,44)47-11-16-21(50-52(40,41)42)20(37)26(49-16)34-14-33-19-23(28)31-13-32-24(19)34/h13-16,20-22,26,37-38H,3-12H2,1-2H3,(H,29,35)(H,30,39)(H,43,44)(H,45,46)(H2,28,31,32)(H2,40,41,42)/t16-,20-,21-,22+,26-/m1/s1. The molecular formula is C27H44N7O17P3S. The fourth-order valence-electron chi connectivity index (χ4n) is 5.29. The number of nitrogens with one attached hydrogen (secondary N) is 2. The molecule has 2 fully saturated rings. The molecule has 0 aromatic carbocycles. The van der Waals surface area contributed by atoms with Gasteiger partial charge in [0.2, 0.25) is 11.8 Å². The maximum absolute atomic E-state index is 12.7. The predicted octanol–water partition coefficient (Wildman–Crippen LogP) is -0.145. The van der Waals surface area contributed by atoms with Gasteiger partial charge in [0.25, 0.3) is 0 Å². The van der Waals surface area contributed by atoms with Crippen LogP contribution in [0.2, 0.25) is 0 Å². The zero-order chi connectivity index (χ0) is 40.8. The molecule has 24 nitrogen and oxygen atoms in total. The number of amides is 2. The second-order valence-electron chi connectivity index (χ2n) is 13.3. The molecule has 1 saturated heterocycles. The van der Waals surface area contributed by atoms with Gasteiger partial charge >= 0.3 is 23.5 Å². The number of hydrogen-bond acceptors (Lipinski definition) is 18. The fourth-order valence-corrected chi connectivity index (χ4v) is 8.90. The molecule has 2 aliphatic rings. The third-order valence-electron chi connectivity index (χ3n) is 8.44. The molecule has 310 valence electrons. The highest BCUT2D eigenvalue weighted by molar-refractivity contribution is 8.13. The van der Waals surface area contributed by atoms with E-state index in [1.54, 1.807) is 0 Å². The Hall–Kier alpha value is -2.44. The van der Waals surface area contributed by atoms with Gasteiger partial charge in [0.1, 0.15) is 36.3 Å². The van der Waals surface area contributed by atoms with Gasteiger partial charge in [-0.1, -0.05) is 32.0 Å². The summed E-state index contributed by atoms with van der Waals surface area (Å²) in [4.78, 5) is 87.5. The van der Waals surface area contributed by atoms with Crippen LogP contribution in [0.25, 0.3) is 11.2 Å². The van der Waals surface area contributed by atoms with E-state index < -0.39 is 84.6 Å². The molecule has 2 amide bonds. The Kier molecular flexibility index (Phi) is 15.5. The van der Waals surface area contributed by atoms with Crippen LogP contribution in [0, 0.1) is 11.3 Å². The highest BCUT2D eigenvalue weighted by Gasteiger charge is 2.50. The molecule has 4 rings (SSSR count). The molecule has 2 aromatic heterocycles. The molecule has 7 atom stereocenters. The van der Waals surface area contributed by atoms with Crippen LogP contribution >= 0.6 is 35.2 Å². The average Bonchev–Trinajstić information content (AvgIpc) is 3.62. The van der Waals surface area contributed by atoms with Crippen molar-refractivity contribution in [2.45, 2.75) is 76.6 Å². The van der Waals surface area contributed by atoms with Crippen LogP contribution in [0.5, 0.6) is 0 Å². The van der Waals surface area contributed by atoms with Crippen LogP contribution in [0.15, 0.2) is 12.7 Å². The molecule has 1 aliphatic carbocycles. The van der Waals surface area contributed by atoms with Crippen molar-refractivity contribution < 1.29 is 80.5 Å². The number of aliphatic hydroxyl groups is 2. The number of phosphoric acid groups is 3. The number of nitrogens with zero attached hydrogens (tertiary/aromatic N) is 4. The Morgan fingerprint density at radius 3 is 2.42 bits per heavy atom. The number of anilines is 1. The molecule has 10 N–H and O–H groups in total. The number of carbonyl (C=O) groups excluding carboxylic acids is 3. The summed E-state index contributed by atoms with van der Waals surface area (Å²) in [7, 11) is -16.4. The van der Waals surface area contributed by atoms with Crippen molar-refractivity contribution in [3.8, 4) is 0 Å². The lowest BCUT2D eigenvalue weighted by Crippen LogP contribution is -2.46. The van der Waals surface area contributed by atoms with E-state index in [9.17, 15) is 57.9 Å². The quantitative estimate of drug-likeness (QED) is 0.0582. The number of carbonyl (C=O) groups is 3. The number of nitrogen functional groups attached to an aromatic ring is 1. The van der Waals surface area contributed by atoms with Crippen molar-refractivity contribution in [2.75, 3.05) is 37.8 Å². The molecule has 3 heterocycles. The van der Waals surface area contributed by atoms with Crippen LogP contribution in [0.4, 0.5) is 5.82 Å². The number of aromatic nitrogens is 4. The van der Waals surface area contributed by atoms with Crippen LogP contribution in [-0.4, -0.2) is 123 Å². The number of imidazole rings is 1. The first kappa shape index (κ1) is 45.3. The van der Waals surface area contributed by atoms with Gasteiger partial charge in [-0.2, -0.15) is 4.31 Å². The zero-order valence-electron chi connectivity index (χ0n) is 29.5. The van der Waals surface area contributed by atoms with E-state index in [0.29, 0.717) is 18.1 Å². The lowest BCUT2D eigenvalue weighted by atomic mass is 9.83. The predicted molar refractivity (Wildman–Crippen MR) is 189 cm³/mol. The summed E-state index contributed by atoms with van der Waals surface area (Å²) < 4.78 is 62.1. The molecular weight excluding hydrogens is 819 g/mol. The van der Waals surface area contributed by atoms with E-state index in [1.165, 1.54) is 13.8 Å². The maximum atomic E-state index is 12.7. The normalized spacial score (nSPS) is 23.4. The van der Waals surface area contributed by atoms with Crippen molar-refractivity contribution in [2.24, 2.45) is 11.3 Å². The van der Waals surface area contributed by atoms with E-state index in [0.717, 1.165) is 48.2 Å². The Morgan fingerprint density at radius 2 is 1.76 bits per heavy atom. The summed E-state index contributed by atoms with van der Waals surface area (Å²) in [5, 5.41) is 26.5. The maximum Gasteiger partial charge on any atom is 0.481 e. The number of thioether (sulfide) groups is 1. The first-order chi connectivity index (χ1) is 25.6. The van der Waals surface area contributed by atoms with E-state index in [1.807, 2.05) is 0 Å². The number of phosphoric ester groups is 3. The van der Waals surface area contributed by atoms with Crippen molar-refractivity contribution in [1.82, 2.24) is 30.2 Å². The SMILES string of the molecule is CC(C)(COP(=O)(O)OP(=O)(O)OC[C@H]1O[C@@H](n2cnc3c(N)ncnc32)[C@H](O)[C@@H]1OP(=O)(O)O)[C@@H](O)C(=O)NCCC(=O)NCCSC(=O)CC1CCC1. The van der Waals surface area contributed by atoms with Crippen molar-refractivity contribution in [1.29, 1.82) is 0 Å². The van der Waals surface area contributed by atoms with Gasteiger partial charge in [0.05, 0.1) is 19.5 Å². The Bertz CT molecular complexity index is 1830. The molecule has 0 radical (unpaired) electrons. The monoisotopic (exact) mass is 863 g/mol. The largest absolute Gasteiger partial charge is 0.481 e. The number of aliphatic hydroxyl groups excluding tert-OH is 2. The first-order valence-corrected chi connectivity index (χ1v) is 22.1. The van der Waals surface area contributed by atoms with Crippen LogP contribution in [0.3, 0.4) is 0 Å². The third-order valence-corrected chi connectivity index (χ3v) is 12.4. The van der Waals surface area contributed by atoms with Gasteiger partial charge in [0.15, 0.2) is 22.8 Å². The zero-order valence-corrected chi connectivity index (χ0v) is 33.0. The molecule has 1 saturated carbocycles. The Labute approximate surface area is 317 Å². The molecule has 0 bridgehead atoms. The molecule has 1 aliphatic heterocycles. The second kappa shape index (κ2) is 18.9. The lowest BCUT2D eigenvalue weighted by molar-refractivity contribution is -0.137. The smallest absolute Gasteiger partial charge is 0.386 e. The van der Waals surface area contributed by atoms with Crippen molar-refractivity contribution >= 4 is 69.1 Å². The summed E-state index contributed by atoms with van der Waals surface area (Å²) in [6.07, 6.45) is -3.07. The summed E-state index contributed by atoms with van der Waals surface area (Å²) in [5.74, 6) is -0.563. The number of ether oxygens (including phenoxy) is 1. The number of nitrogens with two attached hydrogens (primary N) is 1. The van der Waals surface area contributed by atoms with Crippen molar-refractivity contribution in [3.05, 3.63) is 12.7 Å². The summed E-state index contributed by atoms with van der Waals surface area (Å²) in [5.41, 5.74) is 4.28.